The molecule has 1 rings (SSSR count). The maximum absolute atomic E-state index is 6.06. The van der Waals surface area contributed by atoms with E-state index in [1.165, 1.54) is 0 Å². The Labute approximate surface area is 103 Å². The average Bonchev–Trinajstić information content (AvgIpc) is 2.71. The first-order valence-electron chi connectivity index (χ1n) is 5.92. The van der Waals surface area contributed by atoms with Gasteiger partial charge in [0.1, 0.15) is 0 Å². The number of hydrogen-bond acceptors (Lipinski definition) is 4. The Balaban J connectivity index is 2.30. The van der Waals surface area contributed by atoms with Crippen molar-refractivity contribution >= 4 is 0 Å². The number of aryl methyl sites for hydroxylation is 1. The van der Waals surface area contributed by atoms with Crippen LogP contribution in [0.25, 0.3) is 0 Å². The highest BCUT2D eigenvalue weighted by Gasteiger charge is 2.18. The summed E-state index contributed by atoms with van der Waals surface area (Å²) in [5.41, 5.74) is 6.76. The molecule has 0 fully saturated rings. The van der Waals surface area contributed by atoms with Gasteiger partial charge in [-0.15, -0.1) is 0 Å². The second-order valence-electron chi connectivity index (χ2n) is 4.65. The maximum atomic E-state index is 6.06. The van der Waals surface area contributed by atoms with E-state index in [2.05, 4.69) is 9.55 Å². The van der Waals surface area contributed by atoms with Crippen LogP contribution >= 0.6 is 0 Å². The molecular formula is C12H23N3O2. The molecule has 0 unspecified atom stereocenters. The molecule has 2 N–H and O–H groups in total. The van der Waals surface area contributed by atoms with Crippen LogP contribution in [-0.4, -0.2) is 36.5 Å². The highest BCUT2D eigenvalue weighted by atomic mass is 16.5. The van der Waals surface area contributed by atoms with Gasteiger partial charge in [-0.05, 0) is 20.3 Å². The van der Waals surface area contributed by atoms with Gasteiger partial charge in [0, 0.05) is 26.5 Å². The molecule has 1 aromatic rings. The van der Waals surface area contributed by atoms with E-state index in [0.29, 0.717) is 13.2 Å². The summed E-state index contributed by atoms with van der Waals surface area (Å²) in [6.07, 6.45) is 4.59. The SMILES string of the molecule is COCCOCCCn1cncc1C(C)(C)N. The molecule has 5 nitrogen and oxygen atoms in total. The van der Waals surface area contributed by atoms with Gasteiger partial charge < -0.3 is 19.8 Å². The van der Waals surface area contributed by atoms with Gasteiger partial charge >= 0.3 is 0 Å². The highest BCUT2D eigenvalue weighted by molar-refractivity contribution is 5.09. The summed E-state index contributed by atoms with van der Waals surface area (Å²) in [6.45, 7) is 6.86. The van der Waals surface area contributed by atoms with E-state index in [9.17, 15) is 0 Å². The molecule has 0 saturated heterocycles. The van der Waals surface area contributed by atoms with E-state index >= 15 is 0 Å². The topological polar surface area (TPSA) is 62.3 Å². The summed E-state index contributed by atoms with van der Waals surface area (Å²) >= 11 is 0. The van der Waals surface area contributed by atoms with Crippen molar-refractivity contribution in [2.45, 2.75) is 32.4 Å². The van der Waals surface area contributed by atoms with Crippen molar-refractivity contribution in [3.8, 4) is 0 Å². The number of imidazole rings is 1. The minimum Gasteiger partial charge on any atom is -0.382 e. The molecule has 0 saturated carbocycles. The average molecular weight is 241 g/mol. The molecule has 98 valence electrons. The number of hydrogen-bond donors (Lipinski definition) is 1. The van der Waals surface area contributed by atoms with Crippen LogP contribution < -0.4 is 5.73 Å². The lowest BCUT2D eigenvalue weighted by Crippen LogP contribution is -2.31. The van der Waals surface area contributed by atoms with Crippen molar-refractivity contribution in [2.24, 2.45) is 5.73 Å². The molecule has 0 aliphatic rings. The third-order valence-electron chi connectivity index (χ3n) is 2.49. The van der Waals surface area contributed by atoms with Gasteiger partial charge in [0.05, 0.1) is 30.8 Å². The molecule has 1 heterocycles. The minimum absolute atomic E-state index is 0.354. The fourth-order valence-electron chi connectivity index (χ4n) is 1.62. The first kappa shape index (κ1) is 14.2. The number of rotatable bonds is 8. The number of ether oxygens (including phenoxy) is 2. The van der Waals surface area contributed by atoms with Crippen molar-refractivity contribution in [3.63, 3.8) is 0 Å². The van der Waals surface area contributed by atoms with Crippen molar-refractivity contribution in [3.05, 3.63) is 18.2 Å². The van der Waals surface area contributed by atoms with Crippen LogP contribution in [0.2, 0.25) is 0 Å². The molecule has 5 heteroatoms. The van der Waals surface area contributed by atoms with E-state index in [-0.39, 0.29) is 5.54 Å². The Morgan fingerprint density at radius 2 is 2.12 bits per heavy atom. The monoisotopic (exact) mass is 241 g/mol. The van der Waals surface area contributed by atoms with E-state index in [4.69, 9.17) is 15.2 Å². The lowest BCUT2D eigenvalue weighted by molar-refractivity contribution is 0.0679. The van der Waals surface area contributed by atoms with Crippen LogP contribution in [0.4, 0.5) is 0 Å². The third-order valence-corrected chi connectivity index (χ3v) is 2.49. The smallest absolute Gasteiger partial charge is 0.0948 e. The Kier molecular flexibility index (Phi) is 5.61. The van der Waals surface area contributed by atoms with Crippen LogP contribution in [0.1, 0.15) is 26.0 Å². The molecule has 17 heavy (non-hydrogen) atoms. The summed E-state index contributed by atoms with van der Waals surface area (Å²) in [4.78, 5) is 4.14. The second-order valence-corrected chi connectivity index (χ2v) is 4.65. The first-order valence-corrected chi connectivity index (χ1v) is 5.92. The van der Waals surface area contributed by atoms with E-state index < -0.39 is 0 Å². The fourth-order valence-corrected chi connectivity index (χ4v) is 1.62. The highest BCUT2D eigenvalue weighted by Crippen LogP contribution is 2.16. The van der Waals surface area contributed by atoms with E-state index in [0.717, 1.165) is 25.3 Å². The van der Waals surface area contributed by atoms with E-state index in [1.54, 1.807) is 7.11 Å². The Bertz CT molecular complexity index is 318. The molecular weight excluding hydrogens is 218 g/mol. The van der Waals surface area contributed by atoms with Crippen molar-refractivity contribution in [1.29, 1.82) is 0 Å². The summed E-state index contributed by atoms with van der Waals surface area (Å²) < 4.78 is 12.4. The van der Waals surface area contributed by atoms with E-state index in [1.807, 2.05) is 26.4 Å². The van der Waals surface area contributed by atoms with Gasteiger partial charge in [-0.25, -0.2) is 4.98 Å². The quantitative estimate of drug-likeness (QED) is 0.693. The van der Waals surface area contributed by atoms with Gasteiger partial charge in [-0.2, -0.15) is 0 Å². The van der Waals surface area contributed by atoms with Gasteiger partial charge in [-0.1, -0.05) is 0 Å². The molecule has 0 radical (unpaired) electrons. The molecule has 0 spiro atoms. The summed E-state index contributed by atoms with van der Waals surface area (Å²) in [5, 5.41) is 0. The van der Waals surface area contributed by atoms with Gasteiger partial charge in [0.25, 0.3) is 0 Å². The van der Waals surface area contributed by atoms with Crippen LogP contribution in [0.15, 0.2) is 12.5 Å². The van der Waals surface area contributed by atoms with Crippen LogP contribution in [0.5, 0.6) is 0 Å². The molecule has 0 aliphatic carbocycles. The molecule has 0 aromatic carbocycles. The number of aromatic nitrogens is 2. The van der Waals surface area contributed by atoms with Crippen LogP contribution in [0.3, 0.4) is 0 Å². The molecule has 0 bridgehead atoms. The predicted octanol–water partition coefficient (Wildman–Crippen LogP) is 1.13. The van der Waals surface area contributed by atoms with Crippen molar-refractivity contribution < 1.29 is 9.47 Å². The first-order chi connectivity index (χ1) is 8.05. The second kappa shape index (κ2) is 6.74. The Hall–Kier alpha value is -0.910. The summed E-state index contributed by atoms with van der Waals surface area (Å²) in [5.74, 6) is 0. The summed E-state index contributed by atoms with van der Waals surface area (Å²) in [7, 11) is 1.67. The normalized spacial score (nSPS) is 12.0. The zero-order chi connectivity index (χ0) is 12.7. The molecule has 0 amide bonds. The van der Waals surface area contributed by atoms with Gasteiger partial charge in [0.15, 0.2) is 0 Å². The number of nitrogens with two attached hydrogens (primary N) is 1. The lowest BCUT2D eigenvalue weighted by atomic mass is 10.0. The van der Waals surface area contributed by atoms with Crippen LogP contribution in [-0.2, 0) is 21.6 Å². The zero-order valence-corrected chi connectivity index (χ0v) is 11.0. The summed E-state index contributed by atoms with van der Waals surface area (Å²) in [6, 6.07) is 0. The standard InChI is InChI=1S/C12H23N3O2/c1-12(2,13)11-9-14-10-15(11)5-4-6-17-8-7-16-3/h9-10H,4-8,13H2,1-3H3. The van der Waals surface area contributed by atoms with Gasteiger partial charge in [-0.3, -0.25) is 0 Å². The zero-order valence-electron chi connectivity index (χ0n) is 11.0. The number of nitrogens with zero attached hydrogens (tertiary/aromatic N) is 2. The maximum Gasteiger partial charge on any atom is 0.0948 e. The predicted molar refractivity (Wildman–Crippen MR) is 66.8 cm³/mol. The van der Waals surface area contributed by atoms with Crippen molar-refractivity contribution in [1.82, 2.24) is 9.55 Å². The lowest BCUT2D eigenvalue weighted by Gasteiger charge is -2.20. The molecule has 0 atom stereocenters. The largest absolute Gasteiger partial charge is 0.382 e. The Morgan fingerprint density at radius 3 is 2.76 bits per heavy atom. The molecule has 0 aliphatic heterocycles. The van der Waals surface area contributed by atoms with Crippen molar-refractivity contribution in [2.75, 3.05) is 26.9 Å². The number of methoxy groups -OCH3 is 1. The van der Waals surface area contributed by atoms with Gasteiger partial charge in [0.2, 0.25) is 0 Å². The minimum atomic E-state index is -0.354. The Morgan fingerprint density at radius 1 is 1.35 bits per heavy atom. The fraction of sp³-hybridized carbons (Fsp3) is 0.750. The van der Waals surface area contributed by atoms with Crippen LogP contribution in [0, 0.1) is 0 Å². The third kappa shape index (κ3) is 4.85. The molecule has 1 aromatic heterocycles.